The predicted octanol–water partition coefficient (Wildman–Crippen LogP) is 2.59. The summed E-state index contributed by atoms with van der Waals surface area (Å²) < 4.78 is 0. The molecule has 0 aliphatic heterocycles. The fourth-order valence-electron chi connectivity index (χ4n) is 1.61. The summed E-state index contributed by atoms with van der Waals surface area (Å²) in [6, 6.07) is 3.92. The summed E-state index contributed by atoms with van der Waals surface area (Å²) in [6.07, 6.45) is 2.93. The molecule has 0 amide bonds. The van der Waals surface area contributed by atoms with Crippen molar-refractivity contribution in [3.05, 3.63) is 23.9 Å². The average Bonchev–Trinajstić information content (AvgIpc) is 2.35. The van der Waals surface area contributed by atoms with Gasteiger partial charge in [0.15, 0.2) is 0 Å². The van der Waals surface area contributed by atoms with Gasteiger partial charge in [-0.25, -0.2) is 4.98 Å². The molecule has 0 aliphatic carbocycles. The quantitative estimate of drug-likeness (QED) is 0.789. The number of nitrogens with zero attached hydrogens (tertiary/aromatic N) is 2. The summed E-state index contributed by atoms with van der Waals surface area (Å²) >= 11 is 4.91. The van der Waals surface area contributed by atoms with Gasteiger partial charge in [-0.05, 0) is 25.0 Å². The number of aromatic nitrogens is 1. The van der Waals surface area contributed by atoms with Gasteiger partial charge in [0.25, 0.3) is 0 Å². The Kier molecular flexibility index (Phi) is 5.35. The van der Waals surface area contributed by atoms with E-state index in [9.17, 15) is 0 Å². The number of nitrogens with two attached hydrogens (primary N) is 1. The lowest BCUT2D eigenvalue weighted by molar-refractivity contribution is 0.545. The molecule has 0 radical (unpaired) electrons. The maximum absolute atomic E-state index is 5.55. The van der Waals surface area contributed by atoms with Crippen LogP contribution in [-0.2, 0) is 0 Å². The van der Waals surface area contributed by atoms with Crippen LogP contribution >= 0.6 is 12.2 Å². The predicted molar refractivity (Wildman–Crippen MR) is 77.5 cm³/mol. The van der Waals surface area contributed by atoms with Crippen molar-refractivity contribution in [3.8, 4) is 0 Å². The van der Waals surface area contributed by atoms with Gasteiger partial charge >= 0.3 is 0 Å². The molecule has 94 valence electrons. The SMILES string of the molecule is CCC(C)CN(CC)c1ccc(C(N)=S)cn1. The molecule has 0 saturated carbocycles. The number of anilines is 1. The van der Waals surface area contributed by atoms with Crippen molar-refractivity contribution < 1.29 is 0 Å². The summed E-state index contributed by atoms with van der Waals surface area (Å²) in [4.78, 5) is 7.09. The summed E-state index contributed by atoms with van der Waals surface area (Å²) in [6.45, 7) is 8.61. The first-order valence-electron chi connectivity index (χ1n) is 6.09. The Morgan fingerprint density at radius 1 is 1.47 bits per heavy atom. The molecule has 1 aromatic heterocycles. The molecule has 1 atom stereocenters. The number of hydrogen-bond donors (Lipinski definition) is 1. The molecule has 0 aromatic carbocycles. The molecule has 0 bridgehead atoms. The van der Waals surface area contributed by atoms with E-state index in [1.165, 1.54) is 6.42 Å². The molecule has 3 nitrogen and oxygen atoms in total. The van der Waals surface area contributed by atoms with E-state index in [-0.39, 0.29) is 0 Å². The number of pyridine rings is 1. The zero-order valence-electron chi connectivity index (χ0n) is 10.8. The summed E-state index contributed by atoms with van der Waals surface area (Å²) in [5, 5.41) is 0. The van der Waals surface area contributed by atoms with E-state index in [0.717, 1.165) is 24.5 Å². The van der Waals surface area contributed by atoms with Crippen molar-refractivity contribution in [1.82, 2.24) is 4.98 Å². The van der Waals surface area contributed by atoms with E-state index >= 15 is 0 Å². The van der Waals surface area contributed by atoms with Crippen LogP contribution in [0.2, 0.25) is 0 Å². The number of rotatable bonds is 6. The monoisotopic (exact) mass is 251 g/mol. The van der Waals surface area contributed by atoms with Crippen LogP contribution in [0.1, 0.15) is 32.8 Å². The van der Waals surface area contributed by atoms with Gasteiger partial charge in [-0.15, -0.1) is 0 Å². The van der Waals surface area contributed by atoms with Crippen LogP contribution < -0.4 is 10.6 Å². The van der Waals surface area contributed by atoms with Crippen LogP contribution in [0.25, 0.3) is 0 Å². The fraction of sp³-hybridized carbons (Fsp3) is 0.538. The minimum Gasteiger partial charge on any atom is -0.389 e. The molecular formula is C13H21N3S. The third kappa shape index (κ3) is 3.97. The van der Waals surface area contributed by atoms with Crippen LogP contribution in [-0.4, -0.2) is 23.1 Å². The molecule has 0 spiro atoms. The van der Waals surface area contributed by atoms with E-state index < -0.39 is 0 Å². The Hall–Kier alpha value is -1.16. The molecule has 1 aromatic rings. The number of hydrogen-bond acceptors (Lipinski definition) is 3. The first kappa shape index (κ1) is 13.9. The van der Waals surface area contributed by atoms with Crippen LogP contribution in [0.4, 0.5) is 5.82 Å². The summed E-state index contributed by atoms with van der Waals surface area (Å²) in [5.74, 6) is 1.67. The Labute approximate surface area is 109 Å². The molecular weight excluding hydrogens is 230 g/mol. The van der Waals surface area contributed by atoms with E-state index in [0.29, 0.717) is 10.9 Å². The van der Waals surface area contributed by atoms with Crippen LogP contribution in [0.15, 0.2) is 18.3 Å². The third-order valence-electron chi connectivity index (χ3n) is 2.97. The highest BCUT2D eigenvalue weighted by Crippen LogP contribution is 2.14. The standard InChI is InChI=1S/C13H21N3S/c1-4-10(3)9-16(5-2)12-7-6-11(8-15-12)13(14)17/h6-8,10H,4-5,9H2,1-3H3,(H2,14,17). The number of thiocarbonyl (C=S) groups is 1. The summed E-state index contributed by atoms with van der Waals surface area (Å²) in [7, 11) is 0. The second kappa shape index (κ2) is 6.55. The maximum Gasteiger partial charge on any atom is 0.128 e. The van der Waals surface area contributed by atoms with E-state index in [1.54, 1.807) is 6.20 Å². The average molecular weight is 251 g/mol. The maximum atomic E-state index is 5.55. The molecule has 0 saturated heterocycles. The van der Waals surface area contributed by atoms with E-state index in [4.69, 9.17) is 18.0 Å². The molecule has 17 heavy (non-hydrogen) atoms. The summed E-state index contributed by atoms with van der Waals surface area (Å²) in [5.41, 5.74) is 6.38. The minimum atomic E-state index is 0.397. The Morgan fingerprint density at radius 2 is 2.18 bits per heavy atom. The highest BCUT2D eigenvalue weighted by molar-refractivity contribution is 7.80. The van der Waals surface area contributed by atoms with Crippen LogP contribution in [0.3, 0.4) is 0 Å². The van der Waals surface area contributed by atoms with Gasteiger partial charge < -0.3 is 10.6 Å². The van der Waals surface area contributed by atoms with Gasteiger partial charge in [-0.2, -0.15) is 0 Å². The third-order valence-corrected chi connectivity index (χ3v) is 3.20. The second-order valence-electron chi connectivity index (χ2n) is 4.32. The van der Waals surface area contributed by atoms with Crippen LogP contribution in [0, 0.1) is 5.92 Å². The topological polar surface area (TPSA) is 42.1 Å². The molecule has 1 unspecified atom stereocenters. The largest absolute Gasteiger partial charge is 0.389 e. The first-order valence-corrected chi connectivity index (χ1v) is 6.50. The molecule has 2 N–H and O–H groups in total. The van der Waals surface area contributed by atoms with Crippen molar-refractivity contribution in [1.29, 1.82) is 0 Å². The Balaban J connectivity index is 2.78. The lowest BCUT2D eigenvalue weighted by Gasteiger charge is -2.25. The highest BCUT2D eigenvalue weighted by atomic mass is 32.1. The Bertz CT molecular complexity index is 361. The zero-order chi connectivity index (χ0) is 12.8. The van der Waals surface area contributed by atoms with Crippen molar-refractivity contribution in [2.24, 2.45) is 11.7 Å². The normalized spacial score (nSPS) is 12.2. The van der Waals surface area contributed by atoms with Crippen molar-refractivity contribution in [3.63, 3.8) is 0 Å². The zero-order valence-corrected chi connectivity index (χ0v) is 11.6. The molecule has 0 fully saturated rings. The van der Waals surface area contributed by atoms with E-state index in [1.807, 2.05) is 12.1 Å². The van der Waals surface area contributed by atoms with Gasteiger partial charge in [0.05, 0.1) is 0 Å². The van der Waals surface area contributed by atoms with Gasteiger partial charge in [-0.1, -0.05) is 32.5 Å². The Morgan fingerprint density at radius 3 is 2.59 bits per heavy atom. The molecule has 4 heteroatoms. The van der Waals surface area contributed by atoms with Gasteiger partial charge in [0, 0.05) is 24.8 Å². The lowest BCUT2D eigenvalue weighted by atomic mass is 10.1. The lowest BCUT2D eigenvalue weighted by Crippen LogP contribution is -2.28. The molecule has 1 heterocycles. The smallest absolute Gasteiger partial charge is 0.128 e. The van der Waals surface area contributed by atoms with Gasteiger partial charge in [-0.3, -0.25) is 0 Å². The van der Waals surface area contributed by atoms with Crippen molar-refractivity contribution in [2.75, 3.05) is 18.0 Å². The molecule has 0 aliphatic rings. The van der Waals surface area contributed by atoms with Crippen molar-refractivity contribution in [2.45, 2.75) is 27.2 Å². The first-order chi connectivity index (χ1) is 8.08. The van der Waals surface area contributed by atoms with Gasteiger partial charge in [0.1, 0.15) is 10.8 Å². The molecule has 1 rings (SSSR count). The van der Waals surface area contributed by atoms with Crippen molar-refractivity contribution >= 4 is 23.0 Å². The highest BCUT2D eigenvalue weighted by Gasteiger charge is 2.09. The second-order valence-corrected chi connectivity index (χ2v) is 4.76. The van der Waals surface area contributed by atoms with Gasteiger partial charge in [0.2, 0.25) is 0 Å². The van der Waals surface area contributed by atoms with Crippen LogP contribution in [0.5, 0.6) is 0 Å². The minimum absolute atomic E-state index is 0.397. The van der Waals surface area contributed by atoms with E-state index in [2.05, 4.69) is 30.7 Å². The fourth-order valence-corrected chi connectivity index (χ4v) is 1.73.